The van der Waals surface area contributed by atoms with Crippen LogP contribution in [-0.2, 0) is 0 Å². The van der Waals surface area contributed by atoms with Crippen molar-refractivity contribution in [3.8, 4) is 5.88 Å². The molecule has 1 aromatic rings. The van der Waals surface area contributed by atoms with E-state index in [-0.39, 0.29) is 5.91 Å². The Morgan fingerprint density at radius 3 is 3.00 bits per heavy atom. The second kappa shape index (κ2) is 4.53. The topological polar surface area (TPSA) is 42.4 Å². The zero-order chi connectivity index (χ0) is 10.7. The van der Waals surface area contributed by atoms with Gasteiger partial charge >= 0.3 is 0 Å². The van der Waals surface area contributed by atoms with Crippen molar-refractivity contribution in [1.82, 2.24) is 9.88 Å². The van der Waals surface area contributed by atoms with E-state index in [1.807, 2.05) is 4.90 Å². The van der Waals surface area contributed by atoms with E-state index in [0.717, 1.165) is 18.2 Å². The van der Waals surface area contributed by atoms with Crippen molar-refractivity contribution in [2.24, 2.45) is 0 Å². The quantitative estimate of drug-likeness (QED) is 0.758. The summed E-state index contributed by atoms with van der Waals surface area (Å²) in [7, 11) is 1.56. The third-order valence-electron chi connectivity index (χ3n) is 2.23. The van der Waals surface area contributed by atoms with E-state index in [9.17, 15) is 4.79 Å². The van der Waals surface area contributed by atoms with Gasteiger partial charge in [0.15, 0.2) is 0 Å². The third kappa shape index (κ3) is 2.23. The summed E-state index contributed by atoms with van der Waals surface area (Å²) in [5.74, 6) is 2.39. The van der Waals surface area contributed by atoms with Crippen LogP contribution in [-0.4, -0.2) is 41.1 Å². The molecule has 0 aliphatic carbocycles. The van der Waals surface area contributed by atoms with E-state index in [1.54, 1.807) is 37.2 Å². The average Bonchev–Trinajstić information content (AvgIpc) is 2.82. The maximum absolute atomic E-state index is 11.9. The molecule has 2 heterocycles. The van der Waals surface area contributed by atoms with Crippen molar-refractivity contribution in [3.63, 3.8) is 0 Å². The van der Waals surface area contributed by atoms with Crippen molar-refractivity contribution in [2.45, 2.75) is 0 Å². The van der Waals surface area contributed by atoms with Gasteiger partial charge in [-0.05, 0) is 6.07 Å². The predicted molar refractivity (Wildman–Crippen MR) is 59.2 cm³/mol. The standard InChI is InChI=1S/C10H12N2O2S/c1-14-9-3-2-8(6-11-9)10(13)12-4-5-15-7-12/h2-3,6H,4-5,7H2,1H3. The minimum atomic E-state index is 0.0511. The van der Waals surface area contributed by atoms with E-state index >= 15 is 0 Å². The van der Waals surface area contributed by atoms with Crippen LogP contribution in [0.2, 0.25) is 0 Å². The van der Waals surface area contributed by atoms with Gasteiger partial charge in [0.25, 0.3) is 5.91 Å². The van der Waals surface area contributed by atoms with Gasteiger partial charge in [0.05, 0.1) is 18.6 Å². The number of hydrogen-bond donors (Lipinski definition) is 0. The van der Waals surface area contributed by atoms with Gasteiger partial charge < -0.3 is 9.64 Å². The lowest BCUT2D eigenvalue weighted by molar-refractivity contribution is 0.0802. The molecule has 0 aromatic carbocycles. The first-order valence-corrected chi connectivity index (χ1v) is 5.84. The summed E-state index contributed by atoms with van der Waals surface area (Å²) in [5, 5.41) is 0. The number of nitrogens with zero attached hydrogens (tertiary/aromatic N) is 2. The zero-order valence-corrected chi connectivity index (χ0v) is 9.29. The maximum atomic E-state index is 11.9. The number of thioether (sulfide) groups is 1. The highest BCUT2D eigenvalue weighted by Gasteiger charge is 2.19. The summed E-state index contributed by atoms with van der Waals surface area (Å²) in [6.07, 6.45) is 1.56. The molecule has 1 aromatic heterocycles. The second-order valence-electron chi connectivity index (χ2n) is 3.20. The molecule has 0 bridgehead atoms. The van der Waals surface area contributed by atoms with Crippen LogP contribution in [0, 0.1) is 0 Å². The van der Waals surface area contributed by atoms with Crippen LogP contribution in [0.25, 0.3) is 0 Å². The van der Waals surface area contributed by atoms with E-state index in [2.05, 4.69) is 4.98 Å². The normalized spacial score (nSPS) is 15.4. The summed E-state index contributed by atoms with van der Waals surface area (Å²) in [6.45, 7) is 0.829. The molecule has 1 fully saturated rings. The lowest BCUT2D eigenvalue weighted by Crippen LogP contribution is -2.27. The molecular formula is C10H12N2O2S. The number of pyridine rings is 1. The van der Waals surface area contributed by atoms with Crippen LogP contribution in [0.5, 0.6) is 5.88 Å². The molecule has 0 unspecified atom stereocenters. The molecule has 15 heavy (non-hydrogen) atoms. The third-order valence-corrected chi connectivity index (χ3v) is 3.20. The summed E-state index contributed by atoms with van der Waals surface area (Å²) in [5.41, 5.74) is 0.623. The number of methoxy groups -OCH3 is 1. The highest BCUT2D eigenvalue weighted by molar-refractivity contribution is 7.99. The minimum Gasteiger partial charge on any atom is -0.481 e. The largest absolute Gasteiger partial charge is 0.481 e. The number of carbonyl (C=O) groups is 1. The lowest BCUT2D eigenvalue weighted by Gasteiger charge is -2.13. The molecule has 0 N–H and O–H groups in total. The Morgan fingerprint density at radius 1 is 1.60 bits per heavy atom. The molecule has 0 saturated carbocycles. The lowest BCUT2D eigenvalue weighted by atomic mass is 10.2. The number of amides is 1. The van der Waals surface area contributed by atoms with Crippen LogP contribution in [0.1, 0.15) is 10.4 Å². The van der Waals surface area contributed by atoms with Gasteiger partial charge in [-0.15, -0.1) is 11.8 Å². The summed E-state index contributed by atoms with van der Waals surface area (Å²) < 4.78 is 4.93. The molecule has 5 heteroatoms. The van der Waals surface area contributed by atoms with Gasteiger partial charge in [0.1, 0.15) is 0 Å². The molecule has 80 valence electrons. The smallest absolute Gasteiger partial charge is 0.256 e. The minimum absolute atomic E-state index is 0.0511. The highest BCUT2D eigenvalue weighted by atomic mass is 32.2. The highest BCUT2D eigenvalue weighted by Crippen LogP contribution is 2.17. The molecule has 1 aliphatic heterocycles. The van der Waals surface area contributed by atoms with Crippen LogP contribution in [0.4, 0.5) is 0 Å². The monoisotopic (exact) mass is 224 g/mol. The van der Waals surface area contributed by atoms with Gasteiger partial charge in [-0.1, -0.05) is 0 Å². The fraction of sp³-hybridized carbons (Fsp3) is 0.400. The molecule has 4 nitrogen and oxygen atoms in total. The van der Waals surface area contributed by atoms with E-state index in [0.29, 0.717) is 11.4 Å². The van der Waals surface area contributed by atoms with Crippen LogP contribution < -0.4 is 4.74 Å². The Labute approximate surface area is 92.6 Å². The molecule has 1 aliphatic rings. The molecule has 0 spiro atoms. The Balaban J connectivity index is 2.11. The van der Waals surface area contributed by atoms with Crippen molar-refractivity contribution >= 4 is 17.7 Å². The molecule has 0 radical (unpaired) electrons. The van der Waals surface area contributed by atoms with E-state index < -0.39 is 0 Å². The number of carbonyl (C=O) groups excluding carboxylic acids is 1. The molecule has 1 saturated heterocycles. The first-order valence-electron chi connectivity index (χ1n) is 4.68. The molecule has 1 amide bonds. The zero-order valence-electron chi connectivity index (χ0n) is 8.47. The number of ether oxygens (including phenoxy) is 1. The summed E-state index contributed by atoms with van der Waals surface area (Å²) >= 11 is 1.77. The van der Waals surface area contributed by atoms with Crippen LogP contribution >= 0.6 is 11.8 Å². The van der Waals surface area contributed by atoms with Gasteiger partial charge in [-0.2, -0.15) is 0 Å². The molecule has 0 atom stereocenters. The van der Waals surface area contributed by atoms with Gasteiger partial charge in [0.2, 0.25) is 5.88 Å². The van der Waals surface area contributed by atoms with Crippen molar-refractivity contribution in [1.29, 1.82) is 0 Å². The van der Waals surface area contributed by atoms with E-state index in [1.165, 1.54) is 0 Å². The van der Waals surface area contributed by atoms with Gasteiger partial charge in [-0.25, -0.2) is 4.98 Å². The number of rotatable bonds is 2. The predicted octanol–water partition coefficient (Wildman–Crippen LogP) is 1.24. The fourth-order valence-corrected chi connectivity index (χ4v) is 2.33. The number of aromatic nitrogens is 1. The van der Waals surface area contributed by atoms with Crippen molar-refractivity contribution in [2.75, 3.05) is 25.3 Å². The SMILES string of the molecule is COc1ccc(C(=O)N2CCSC2)cn1. The fourth-order valence-electron chi connectivity index (χ4n) is 1.38. The Morgan fingerprint density at radius 2 is 2.47 bits per heavy atom. The van der Waals surface area contributed by atoms with Gasteiger partial charge in [0, 0.05) is 24.6 Å². The number of hydrogen-bond acceptors (Lipinski definition) is 4. The summed E-state index contributed by atoms with van der Waals surface area (Å²) in [4.78, 5) is 17.7. The second-order valence-corrected chi connectivity index (χ2v) is 4.27. The molecule has 2 rings (SSSR count). The maximum Gasteiger partial charge on any atom is 0.256 e. The Hall–Kier alpha value is -1.23. The first-order chi connectivity index (χ1) is 7.31. The van der Waals surface area contributed by atoms with E-state index in [4.69, 9.17) is 4.74 Å². The van der Waals surface area contributed by atoms with Gasteiger partial charge in [-0.3, -0.25) is 4.79 Å². The van der Waals surface area contributed by atoms with Crippen LogP contribution in [0.15, 0.2) is 18.3 Å². The van der Waals surface area contributed by atoms with Crippen molar-refractivity contribution < 1.29 is 9.53 Å². The van der Waals surface area contributed by atoms with Crippen LogP contribution in [0.3, 0.4) is 0 Å². The summed E-state index contributed by atoms with van der Waals surface area (Å²) in [6, 6.07) is 3.45. The molecular weight excluding hydrogens is 212 g/mol. The first kappa shape index (κ1) is 10.3. The van der Waals surface area contributed by atoms with Crippen molar-refractivity contribution in [3.05, 3.63) is 23.9 Å². The Kier molecular flexibility index (Phi) is 3.11. The Bertz CT molecular complexity index is 347. The average molecular weight is 224 g/mol.